The van der Waals surface area contributed by atoms with Crippen LogP contribution >= 0.6 is 0 Å². The van der Waals surface area contributed by atoms with Gasteiger partial charge in [0.1, 0.15) is 5.84 Å². The molecule has 2 saturated heterocycles. The molecule has 5 heteroatoms. The highest BCUT2D eigenvalue weighted by Crippen LogP contribution is 2.27. The van der Waals surface area contributed by atoms with E-state index >= 15 is 0 Å². The van der Waals surface area contributed by atoms with Crippen LogP contribution in [-0.2, 0) is 0 Å². The lowest BCUT2D eigenvalue weighted by atomic mass is 9.87. The number of nitrogens with one attached hydrogen (secondary N) is 1. The Morgan fingerprint density at radius 3 is 2.95 bits per heavy atom. The standard InChI is InChI=1S/C14H28N4O/c1-14(2,13(15)17-19)6-7-16-11-5-9-18-8-3-4-12(18)10-11/h11-12,16,19H,3-10H2,1-2H3,(H2,15,17). The molecule has 0 aliphatic carbocycles. The summed E-state index contributed by atoms with van der Waals surface area (Å²) in [6.45, 7) is 7.51. The first kappa shape index (κ1) is 14.6. The topological polar surface area (TPSA) is 73.9 Å². The van der Waals surface area contributed by atoms with Crippen LogP contribution in [0.3, 0.4) is 0 Å². The number of rotatable bonds is 5. The molecule has 2 aliphatic heterocycles. The molecule has 2 atom stereocenters. The summed E-state index contributed by atoms with van der Waals surface area (Å²) < 4.78 is 0. The summed E-state index contributed by atoms with van der Waals surface area (Å²) in [5, 5.41) is 15.5. The minimum Gasteiger partial charge on any atom is -0.409 e. The fraction of sp³-hybridized carbons (Fsp3) is 0.929. The predicted octanol–water partition coefficient (Wildman–Crippen LogP) is 1.37. The van der Waals surface area contributed by atoms with Crippen LogP contribution in [0.25, 0.3) is 0 Å². The number of hydrogen-bond donors (Lipinski definition) is 3. The van der Waals surface area contributed by atoms with Crippen LogP contribution in [0.1, 0.15) is 46.0 Å². The van der Waals surface area contributed by atoms with Gasteiger partial charge in [-0.3, -0.25) is 0 Å². The van der Waals surface area contributed by atoms with Crippen molar-refractivity contribution in [1.82, 2.24) is 10.2 Å². The predicted molar refractivity (Wildman–Crippen MR) is 77.4 cm³/mol. The molecule has 0 spiro atoms. The third kappa shape index (κ3) is 3.60. The Hall–Kier alpha value is -0.810. The Balaban J connectivity index is 1.71. The van der Waals surface area contributed by atoms with Crippen molar-refractivity contribution in [2.45, 2.75) is 58.0 Å². The van der Waals surface area contributed by atoms with Gasteiger partial charge in [-0.1, -0.05) is 19.0 Å². The molecule has 2 rings (SSSR count). The summed E-state index contributed by atoms with van der Waals surface area (Å²) >= 11 is 0. The van der Waals surface area contributed by atoms with Crippen molar-refractivity contribution in [2.75, 3.05) is 19.6 Å². The van der Waals surface area contributed by atoms with E-state index in [2.05, 4.69) is 15.4 Å². The maximum absolute atomic E-state index is 8.76. The number of fused-ring (bicyclic) bond motifs is 1. The van der Waals surface area contributed by atoms with Gasteiger partial charge in [0.15, 0.2) is 0 Å². The second-order valence-electron chi connectivity index (χ2n) is 6.63. The molecule has 0 amide bonds. The van der Waals surface area contributed by atoms with E-state index < -0.39 is 0 Å². The van der Waals surface area contributed by atoms with Crippen LogP contribution in [0, 0.1) is 5.41 Å². The van der Waals surface area contributed by atoms with Crippen LogP contribution in [0.5, 0.6) is 0 Å². The summed E-state index contributed by atoms with van der Waals surface area (Å²) in [4.78, 5) is 2.64. The van der Waals surface area contributed by atoms with Gasteiger partial charge in [-0.15, -0.1) is 0 Å². The van der Waals surface area contributed by atoms with Gasteiger partial charge in [-0.05, 0) is 51.7 Å². The Morgan fingerprint density at radius 1 is 1.42 bits per heavy atom. The van der Waals surface area contributed by atoms with Gasteiger partial charge in [0.2, 0.25) is 0 Å². The van der Waals surface area contributed by atoms with Crippen LogP contribution in [0.15, 0.2) is 5.16 Å². The fourth-order valence-electron chi connectivity index (χ4n) is 3.26. The highest BCUT2D eigenvalue weighted by Gasteiger charge is 2.31. The lowest BCUT2D eigenvalue weighted by Gasteiger charge is -2.35. The Kier molecular flexibility index (Phi) is 4.68. The van der Waals surface area contributed by atoms with E-state index in [0.717, 1.165) is 19.0 Å². The first-order chi connectivity index (χ1) is 9.03. The molecule has 5 nitrogen and oxygen atoms in total. The van der Waals surface area contributed by atoms with Gasteiger partial charge in [0.25, 0.3) is 0 Å². The molecule has 110 valence electrons. The minimum absolute atomic E-state index is 0.240. The quantitative estimate of drug-likeness (QED) is 0.305. The molecular formula is C14H28N4O. The van der Waals surface area contributed by atoms with Crippen molar-refractivity contribution in [1.29, 1.82) is 0 Å². The molecule has 2 unspecified atom stereocenters. The van der Waals surface area contributed by atoms with Gasteiger partial charge in [-0.2, -0.15) is 0 Å². The molecule has 0 radical (unpaired) electrons. The molecule has 0 aromatic heterocycles. The van der Waals surface area contributed by atoms with E-state index in [4.69, 9.17) is 10.9 Å². The monoisotopic (exact) mass is 268 g/mol. The van der Waals surface area contributed by atoms with Gasteiger partial charge in [0.05, 0.1) is 0 Å². The summed E-state index contributed by atoms with van der Waals surface area (Å²) in [5.74, 6) is 0.319. The largest absolute Gasteiger partial charge is 0.409 e. The van der Waals surface area contributed by atoms with Crippen LogP contribution in [0.2, 0.25) is 0 Å². The van der Waals surface area contributed by atoms with Crippen LogP contribution in [0.4, 0.5) is 0 Å². The first-order valence-electron chi connectivity index (χ1n) is 7.48. The summed E-state index contributed by atoms with van der Waals surface area (Å²) in [6, 6.07) is 1.45. The second kappa shape index (κ2) is 6.09. The van der Waals surface area contributed by atoms with Crippen molar-refractivity contribution >= 4 is 5.84 Å². The molecule has 2 aliphatic rings. The average Bonchev–Trinajstić information content (AvgIpc) is 2.84. The van der Waals surface area contributed by atoms with Crippen molar-refractivity contribution in [3.05, 3.63) is 0 Å². The Morgan fingerprint density at radius 2 is 2.21 bits per heavy atom. The Labute approximate surface area is 116 Å². The zero-order valence-electron chi connectivity index (χ0n) is 12.2. The van der Waals surface area contributed by atoms with Gasteiger partial charge in [0, 0.05) is 17.5 Å². The summed E-state index contributed by atoms with van der Waals surface area (Å²) in [5.41, 5.74) is 5.47. The highest BCUT2D eigenvalue weighted by atomic mass is 16.4. The number of piperidine rings is 1. The smallest absolute Gasteiger partial charge is 0.144 e. The maximum atomic E-state index is 8.76. The van der Waals surface area contributed by atoms with E-state index in [-0.39, 0.29) is 5.41 Å². The number of nitrogens with two attached hydrogens (primary N) is 1. The third-order valence-electron chi connectivity index (χ3n) is 4.80. The van der Waals surface area contributed by atoms with E-state index in [1.165, 1.54) is 38.8 Å². The third-order valence-corrected chi connectivity index (χ3v) is 4.80. The molecule has 0 saturated carbocycles. The molecule has 19 heavy (non-hydrogen) atoms. The lowest BCUT2D eigenvalue weighted by Crippen LogP contribution is -2.46. The van der Waals surface area contributed by atoms with Crippen LogP contribution in [-0.4, -0.2) is 47.7 Å². The highest BCUT2D eigenvalue weighted by molar-refractivity contribution is 5.85. The zero-order valence-corrected chi connectivity index (χ0v) is 12.2. The van der Waals surface area contributed by atoms with E-state index in [0.29, 0.717) is 11.9 Å². The van der Waals surface area contributed by atoms with Crippen molar-refractivity contribution in [3.8, 4) is 0 Å². The van der Waals surface area contributed by atoms with E-state index in [1.807, 2.05) is 13.8 Å². The average molecular weight is 268 g/mol. The van der Waals surface area contributed by atoms with Gasteiger partial charge < -0.3 is 21.2 Å². The van der Waals surface area contributed by atoms with E-state index in [1.54, 1.807) is 0 Å². The minimum atomic E-state index is -0.240. The molecule has 2 fully saturated rings. The van der Waals surface area contributed by atoms with Crippen molar-refractivity contribution in [3.63, 3.8) is 0 Å². The summed E-state index contributed by atoms with van der Waals surface area (Å²) in [6.07, 6.45) is 6.17. The number of amidine groups is 1. The lowest BCUT2D eigenvalue weighted by molar-refractivity contribution is 0.166. The molecule has 4 N–H and O–H groups in total. The van der Waals surface area contributed by atoms with Crippen LogP contribution < -0.4 is 11.1 Å². The van der Waals surface area contributed by atoms with E-state index in [9.17, 15) is 0 Å². The Bertz CT molecular complexity index is 329. The van der Waals surface area contributed by atoms with Crippen molar-refractivity contribution in [2.24, 2.45) is 16.3 Å². The summed E-state index contributed by atoms with van der Waals surface area (Å²) in [7, 11) is 0. The molecule has 0 aromatic rings. The molecular weight excluding hydrogens is 240 g/mol. The SMILES string of the molecule is CC(C)(CCNC1CCN2CCCC2C1)C(N)=NO. The fourth-order valence-corrected chi connectivity index (χ4v) is 3.26. The van der Waals surface area contributed by atoms with Gasteiger partial charge >= 0.3 is 0 Å². The number of hydrogen-bond acceptors (Lipinski definition) is 4. The molecule has 2 heterocycles. The van der Waals surface area contributed by atoms with Crippen molar-refractivity contribution < 1.29 is 5.21 Å². The molecule has 0 aromatic carbocycles. The zero-order chi connectivity index (χ0) is 13.9. The van der Waals surface area contributed by atoms with Gasteiger partial charge in [-0.25, -0.2) is 0 Å². The number of oxime groups is 1. The molecule has 0 bridgehead atoms. The number of nitrogens with zero attached hydrogens (tertiary/aromatic N) is 2. The maximum Gasteiger partial charge on any atom is 0.144 e. The second-order valence-corrected chi connectivity index (χ2v) is 6.63. The normalized spacial score (nSPS) is 29.5. The first-order valence-corrected chi connectivity index (χ1v) is 7.48.